The molecule has 7 nitrogen and oxygen atoms in total. The summed E-state index contributed by atoms with van der Waals surface area (Å²) in [5.74, 6) is 1.95. The van der Waals surface area contributed by atoms with Crippen LogP contribution in [0.25, 0.3) is 0 Å². The number of allylic oxidation sites excluding steroid dienone is 1. The van der Waals surface area contributed by atoms with Crippen LogP contribution >= 0.6 is 11.6 Å². The maximum atomic E-state index is 6.11. The molecule has 0 radical (unpaired) electrons. The first-order valence-electron chi connectivity index (χ1n) is 8.94. The van der Waals surface area contributed by atoms with Crippen molar-refractivity contribution >= 4 is 17.5 Å². The molecule has 0 saturated heterocycles. The van der Waals surface area contributed by atoms with Crippen LogP contribution in [0.15, 0.2) is 55.1 Å². The standard InChI is InChI=1S/C20H22ClN5O2/c1-3-12-26-20(23-24-25-26)22-13-16-6-5-7-18(27-4-2)19(16)28-14-15-8-10-17(21)11-9-15/h3,5-11H,1,4,12-14H2,2H3,(H,22,23,25). The lowest BCUT2D eigenvalue weighted by atomic mass is 10.1. The van der Waals surface area contributed by atoms with Crippen LogP contribution in [-0.2, 0) is 19.7 Å². The molecule has 0 fully saturated rings. The van der Waals surface area contributed by atoms with Crippen molar-refractivity contribution in [1.82, 2.24) is 20.2 Å². The summed E-state index contributed by atoms with van der Waals surface area (Å²) in [6, 6.07) is 13.4. The van der Waals surface area contributed by atoms with Crippen molar-refractivity contribution in [3.8, 4) is 11.5 Å². The van der Waals surface area contributed by atoms with Crippen molar-refractivity contribution < 1.29 is 9.47 Å². The van der Waals surface area contributed by atoms with Crippen LogP contribution in [0, 0.1) is 0 Å². The molecule has 3 rings (SSSR count). The van der Waals surface area contributed by atoms with Gasteiger partial charge in [0, 0.05) is 17.1 Å². The number of aromatic nitrogens is 4. The lowest BCUT2D eigenvalue weighted by Gasteiger charge is -2.16. The molecule has 1 N–H and O–H groups in total. The summed E-state index contributed by atoms with van der Waals surface area (Å²) >= 11 is 5.95. The minimum absolute atomic E-state index is 0.405. The van der Waals surface area contributed by atoms with Gasteiger partial charge in [0.25, 0.3) is 0 Å². The highest BCUT2D eigenvalue weighted by atomic mass is 35.5. The highest BCUT2D eigenvalue weighted by Gasteiger charge is 2.13. The third-order valence-corrected chi connectivity index (χ3v) is 4.18. The summed E-state index contributed by atoms with van der Waals surface area (Å²) in [7, 11) is 0. The van der Waals surface area contributed by atoms with E-state index in [9.17, 15) is 0 Å². The van der Waals surface area contributed by atoms with Crippen molar-refractivity contribution in [3.63, 3.8) is 0 Å². The van der Waals surface area contributed by atoms with Gasteiger partial charge in [-0.1, -0.05) is 47.0 Å². The van der Waals surface area contributed by atoms with Gasteiger partial charge in [0.05, 0.1) is 13.2 Å². The molecule has 3 aromatic rings. The topological polar surface area (TPSA) is 74.1 Å². The summed E-state index contributed by atoms with van der Waals surface area (Å²) in [4.78, 5) is 0. The van der Waals surface area contributed by atoms with Crippen LogP contribution in [0.5, 0.6) is 11.5 Å². The van der Waals surface area contributed by atoms with Crippen molar-refractivity contribution in [3.05, 3.63) is 71.3 Å². The van der Waals surface area contributed by atoms with Crippen LogP contribution in [-0.4, -0.2) is 26.8 Å². The molecular formula is C20H22ClN5O2. The van der Waals surface area contributed by atoms with E-state index in [1.165, 1.54) is 0 Å². The average Bonchev–Trinajstić information content (AvgIpc) is 3.14. The van der Waals surface area contributed by atoms with E-state index in [2.05, 4.69) is 27.4 Å². The average molecular weight is 400 g/mol. The Morgan fingerprint density at radius 1 is 1.18 bits per heavy atom. The van der Waals surface area contributed by atoms with E-state index in [0.717, 1.165) is 11.1 Å². The van der Waals surface area contributed by atoms with Gasteiger partial charge >= 0.3 is 0 Å². The van der Waals surface area contributed by atoms with Gasteiger partial charge in [-0.25, -0.2) is 4.68 Å². The molecule has 0 bridgehead atoms. The zero-order valence-corrected chi connectivity index (χ0v) is 16.4. The first-order chi connectivity index (χ1) is 13.7. The van der Waals surface area contributed by atoms with Crippen LogP contribution in [0.1, 0.15) is 18.1 Å². The van der Waals surface area contributed by atoms with Gasteiger partial charge in [0.2, 0.25) is 5.95 Å². The summed E-state index contributed by atoms with van der Waals surface area (Å²) in [6.45, 7) is 7.61. The van der Waals surface area contributed by atoms with E-state index in [-0.39, 0.29) is 0 Å². The SMILES string of the molecule is C=CCn1nnnc1NCc1cccc(OCC)c1OCc1ccc(Cl)cc1. The molecule has 28 heavy (non-hydrogen) atoms. The van der Waals surface area contributed by atoms with E-state index in [0.29, 0.717) is 48.8 Å². The van der Waals surface area contributed by atoms with Gasteiger partial charge in [-0.2, -0.15) is 0 Å². The number of nitrogens with one attached hydrogen (secondary N) is 1. The summed E-state index contributed by atoms with van der Waals surface area (Å²) in [5, 5.41) is 15.5. The van der Waals surface area contributed by atoms with Crippen molar-refractivity contribution in [2.45, 2.75) is 26.6 Å². The fourth-order valence-electron chi connectivity index (χ4n) is 2.62. The lowest BCUT2D eigenvalue weighted by molar-refractivity contribution is 0.267. The number of hydrogen-bond acceptors (Lipinski definition) is 6. The first-order valence-corrected chi connectivity index (χ1v) is 9.32. The number of hydrogen-bond donors (Lipinski definition) is 1. The summed E-state index contributed by atoms with van der Waals surface area (Å²) in [5.41, 5.74) is 1.96. The van der Waals surface area contributed by atoms with E-state index in [4.69, 9.17) is 21.1 Å². The van der Waals surface area contributed by atoms with Crippen LogP contribution in [0.3, 0.4) is 0 Å². The fourth-order valence-corrected chi connectivity index (χ4v) is 2.75. The van der Waals surface area contributed by atoms with Crippen molar-refractivity contribution in [2.75, 3.05) is 11.9 Å². The van der Waals surface area contributed by atoms with E-state index >= 15 is 0 Å². The number of ether oxygens (including phenoxy) is 2. The van der Waals surface area contributed by atoms with Gasteiger partial charge in [-0.15, -0.1) is 6.58 Å². The Hall–Kier alpha value is -3.06. The maximum Gasteiger partial charge on any atom is 0.243 e. The molecule has 0 aliphatic carbocycles. The van der Waals surface area contributed by atoms with Gasteiger partial charge in [-0.3, -0.25) is 0 Å². The van der Waals surface area contributed by atoms with E-state index in [1.807, 2.05) is 49.4 Å². The molecule has 0 amide bonds. The number of para-hydroxylation sites is 1. The molecule has 2 aromatic carbocycles. The number of halogens is 1. The van der Waals surface area contributed by atoms with Gasteiger partial charge in [0.15, 0.2) is 11.5 Å². The third kappa shape index (κ3) is 5.01. The Bertz CT molecular complexity index is 911. The summed E-state index contributed by atoms with van der Waals surface area (Å²) < 4.78 is 13.5. The molecule has 0 aliphatic rings. The number of anilines is 1. The Morgan fingerprint density at radius 3 is 2.75 bits per heavy atom. The van der Waals surface area contributed by atoms with Gasteiger partial charge in [-0.05, 0) is 41.1 Å². The fraction of sp³-hybridized carbons (Fsp3) is 0.250. The van der Waals surface area contributed by atoms with Crippen molar-refractivity contribution in [1.29, 1.82) is 0 Å². The molecule has 1 aromatic heterocycles. The monoisotopic (exact) mass is 399 g/mol. The molecule has 0 saturated carbocycles. The zero-order chi connectivity index (χ0) is 19.8. The second kappa shape index (κ2) is 9.75. The predicted molar refractivity (Wildman–Crippen MR) is 109 cm³/mol. The van der Waals surface area contributed by atoms with Gasteiger partial charge in [0.1, 0.15) is 6.61 Å². The molecular weight excluding hydrogens is 378 g/mol. The predicted octanol–water partition coefficient (Wildman–Crippen LogP) is 4.10. The molecule has 0 atom stereocenters. The van der Waals surface area contributed by atoms with Crippen molar-refractivity contribution in [2.24, 2.45) is 0 Å². The molecule has 8 heteroatoms. The van der Waals surface area contributed by atoms with Crippen LogP contribution in [0.4, 0.5) is 5.95 Å². The minimum Gasteiger partial charge on any atom is -0.490 e. The number of benzene rings is 2. The molecule has 0 unspecified atom stereocenters. The summed E-state index contributed by atoms with van der Waals surface area (Å²) in [6.07, 6.45) is 1.73. The number of rotatable bonds is 10. The molecule has 0 aliphatic heterocycles. The Labute approximate surface area is 168 Å². The Balaban J connectivity index is 1.77. The Morgan fingerprint density at radius 2 is 2.00 bits per heavy atom. The zero-order valence-electron chi connectivity index (χ0n) is 15.6. The highest BCUT2D eigenvalue weighted by molar-refractivity contribution is 6.30. The lowest BCUT2D eigenvalue weighted by Crippen LogP contribution is -2.10. The number of tetrazole rings is 1. The normalized spacial score (nSPS) is 10.5. The maximum absolute atomic E-state index is 6.11. The highest BCUT2D eigenvalue weighted by Crippen LogP contribution is 2.32. The molecule has 1 heterocycles. The molecule has 146 valence electrons. The van der Waals surface area contributed by atoms with E-state index in [1.54, 1.807) is 10.8 Å². The van der Waals surface area contributed by atoms with Crippen LogP contribution < -0.4 is 14.8 Å². The molecule has 0 spiro atoms. The first kappa shape index (κ1) is 19.7. The quantitative estimate of drug-likeness (QED) is 0.517. The largest absolute Gasteiger partial charge is 0.490 e. The smallest absolute Gasteiger partial charge is 0.243 e. The second-order valence-corrected chi connectivity index (χ2v) is 6.36. The van der Waals surface area contributed by atoms with E-state index < -0.39 is 0 Å². The minimum atomic E-state index is 0.405. The number of nitrogens with zero attached hydrogens (tertiary/aromatic N) is 4. The van der Waals surface area contributed by atoms with Crippen LogP contribution in [0.2, 0.25) is 5.02 Å². The Kier molecular flexibility index (Phi) is 6.86. The van der Waals surface area contributed by atoms with Gasteiger partial charge < -0.3 is 14.8 Å². The third-order valence-electron chi connectivity index (χ3n) is 3.93. The second-order valence-electron chi connectivity index (χ2n) is 5.92.